The molecular formula is C20H15FN2O. The van der Waals surface area contributed by atoms with Crippen LogP contribution in [0.5, 0.6) is 0 Å². The van der Waals surface area contributed by atoms with Crippen molar-refractivity contribution >= 4 is 23.7 Å². The summed E-state index contributed by atoms with van der Waals surface area (Å²) < 4.78 is 12.9. The number of halogens is 1. The highest BCUT2D eigenvalue weighted by atomic mass is 19.1. The number of hydrogen-bond acceptors (Lipinski definition) is 2. The molecule has 118 valence electrons. The van der Waals surface area contributed by atoms with E-state index in [0.717, 1.165) is 11.1 Å². The highest BCUT2D eigenvalue weighted by molar-refractivity contribution is 6.04. The van der Waals surface area contributed by atoms with E-state index in [4.69, 9.17) is 0 Å². The molecule has 1 heterocycles. The number of benzene rings is 2. The lowest BCUT2D eigenvalue weighted by Crippen LogP contribution is -2.11. The minimum atomic E-state index is -0.366. The predicted molar refractivity (Wildman–Crippen MR) is 94.0 cm³/mol. The quantitative estimate of drug-likeness (QED) is 0.761. The molecule has 2 aromatic carbocycles. The molecule has 0 spiro atoms. The van der Waals surface area contributed by atoms with Crippen molar-refractivity contribution in [3.63, 3.8) is 0 Å². The van der Waals surface area contributed by atoms with Gasteiger partial charge < -0.3 is 5.32 Å². The van der Waals surface area contributed by atoms with Crippen LogP contribution in [-0.4, -0.2) is 10.9 Å². The van der Waals surface area contributed by atoms with Crippen LogP contribution < -0.4 is 5.32 Å². The molecule has 0 bridgehead atoms. The zero-order valence-electron chi connectivity index (χ0n) is 12.8. The summed E-state index contributed by atoms with van der Waals surface area (Å²) in [5.74, 6) is -0.639. The third-order valence-corrected chi connectivity index (χ3v) is 3.43. The molecular weight excluding hydrogens is 303 g/mol. The summed E-state index contributed by atoms with van der Waals surface area (Å²) in [5.41, 5.74) is 3.10. The largest absolute Gasteiger partial charge is 0.322 e. The number of anilines is 1. The number of amides is 1. The van der Waals surface area contributed by atoms with Crippen molar-refractivity contribution in [3.8, 4) is 0 Å². The number of rotatable bonds is 4. The maximum absolute atomic E-state index is 12.9. The van der Waals surface area contributed by atoms with Crippen molar-refractivity contribution in [3.05, 3.63) is 95.6 Å². The Labute approximate surface area is 139 Å². The van der Waals surface area contributed by atoms with Gasteiger partial charge in [-0.3, -0.25) is 9.78 Å². The van der Waals surface area contributed by atoms with Crippen LogP contribution in [-0.2, 0) is 0 Å². The predicted octanol–water partition coefficient (Wildman–Crippen LogP) is 4.64. The second kappa shape index (κ2) is 7.33. The maximum atomic E-state index is 12.9. The van der Waals surface area contributed by atoms with Gasteiger partial charge in [0.1, 0.15) is 5.82 Å². The van der Waals surface area contributed by atoms with E-state index in [-0.39, 0.29) is 11.7 Å². The summed E-state index contributed by atoms with van der Waals surface area (Å²) in [6.07, 6.45) is 7.41. The van der Waals surface area contributed by atoms with Gasteiger partial charge in [0.25, 0.3) is 5.91 Å². The molecule has 4 heteroatoms. The molecule has 3 rings (SSSR count). The lowest BCUT2D eigenvalue weighted by molar-refractivity contribution is 0.102. The number of aromatic nitrogens is 1. The van der Waals surface area contributed by atoms with Crippen molar-refractivity contribution < 1.29 is 9.18 Å². The van der Waals surface area contributed by atoms with Crippen LogP contribution in [0.25, 0.3) is 12.2 Å². The average molecular weight is 318 g/mol. The van der Waals surface area contributed by atoms with Crippen molar-refractivity contribution in [2.24, 2.45) is 0 Å². The molecule has 1 amide bonds. The van der Waals surface area contributed by atoms with E-state index in [1.54, 1.807) is 12.4 Å². The smallest absolute Gasteiger partial charge is 0.255 e. The molecule has 0 saturated carbocycles. The summed E-state index contributed by atoms with van der Waals surface area (Å²) in [6.45, 7) is 0. The Kier molecular flexibility index (Phi) is 4.77. The molecule has 3 nitrogen and oxygen atoms in total. The van der Waals surface area contributed by atoms with Gasteiger partial charge in [-0.05, 0) is 59.7 Å². The van der Waals surface area contributed by atoms with Gasteiger partial charge in [0.15, 0.2) is 0 Å². The fraction of sp³-hybridized carbons (Fsp3) is 0. The van der Waals surface area contributed by atoms with Crippen molar-refractivity contribution in [2.45, 2.75) is 0 Å². The first-order valence-corrected chi connectivity index (χ1v) is 7.46. The zero-order chi connectivity index (χ0) is 16.8. The maximum Gasteiger partial charge on any atom is 0.255 e. The van der Waals surface area contributed by atoms with Crippen molar-refractivity contribution in [2.75, 3.05) is 5.32 Å². The first-order valence-electron chi connectivity index (χ1n) is 7.46. The normalized spacial score (nSPS) is 10.7. The van der Waals surface area contributed by atoms with Crippen LogP contribution in [0.2, 0.25) is 0 Å². The van der Waals surface area contributed by atoms with Gasteiger partial charge in [-0.2, -0.15) is 0 Å². The zero-order valence-corrected chi connectivity index (χ0v) is 12.8. The van der Waals surface area contributed by atoms with Gasteiger partial charge in [-0.25, -0.2) is 4.39 Å². The molecule has 0 atom stereocenters. The molecule has 0 aliphatic rings. The lowest BCUT2D eigenvalue weighted by atomic mass is 10.1. The van der Waals surface area contributed by atoms with E-state index in [0.29, 0.717) is 11.3 Å². The number of nitrogens with one attached hydrogen (secondary N) is 1. The Balaban J connectivity index is 1.72. The summed E-state index contributed by atoms with van der Waals surface area (Å²) >= 11 is 0. The van der Waals surface area contributed by atoms with Crippen LogP contribution in [0.15, 0.2) is 73.1 Å². The van der Waals surface area contributed by atoms with Crippen LogP contribution in [0.1, 0.15) is 21.5 Å². The van der Waals surface area contributed by atoms with Gasteiger partial charge in [0, 0.05) is 23.6 Å². The Morgan fingerprint density at radius 3 is 2.38 bits per heavy atom. The second-order valence-electron chi connectivity index (χ2n) is 5.20. The first kappa shape index (κ1) is 15.6. The summed E-state index contributed by atoms with van der Waals surface area (Å²) in [7, 11) is 0. The van der Waals surface area contributed by atoms with E-state index in [1.165, 1.54) is 24.3 Å². The van der Waals surface area contributed by atoms with E-state index < -0.39 is 0 Å². The number of carbonyl (C=O) groups excluding carboxylic acids is 1. The standard InChI is InChI=1S/C20H15FN2O/c21-18-8-6-17(7-9-18)20(24)23-19-3-1-2-16(14-19)5-4-15-10-12-22-13-11-15/h1-14H,(H,23,24). The third-order valence-electron chi connectivity index (χ3n) is 3.43. The lowest BCUT2D eigenvalue weighted by Gasteiger charge is -2.06. The van der Waals surface area contributed by atoms with Crippen LogP contribution >= 0.6 is 0 Å². The molecule has 0 saturated heterocycles. The molecule has 1 N–H and O–H groups in total. The molecule has 3 aromatic rings. The Hall–Kier alpha value is -3.27. The van der Waals surface area contributed by atoms with Gasteiger partial charge >= 0.3 is 0 Å². The third kappa shape index (κ3) is 4.14. The summed E-state index contributed by atoms with van der Waals surface area (Å²) in [6, 6.07) is 16.8. The van der Waals surface area contributed by atoms with Gasteiger partial charge in [-0.1, -0.05) is 24.3 Å². The molecule has 0 aliphatic heterocycles. The van der Waals surface area contributed by atoms with E-state index in [1.807, 2.05) is 48.6 Å². The van der Waals surface area contributed by atoms with Crippen molar-refractivity contribution in [1.29, 1.82) is 0 Å². The van der Waals surface area contributed by atoms with Crippen LogP contribution in [0.3, 0.4) is 0 Å². The fourth-order valence-corrected chi connectivity index (χ4v) is 2.19. The minimum absolute atomic E-state index is 0.273. The van der Waals surface area contributed by atoms with Crippen LogP contribution in [0.4, 0.5) is 10.1 Å². The fourth-order valence-electron chi connectivity index (χ4n) is 2.19. The van der Waals surface area contributed by atoms with Gasteiger partial charge in [-0.15, -0.1) is 0 Å². The summed E-state index contributed by atoms with van der Waals surface area (Å²) in [5, 5.41) is 2.81. The highest BCUT2D eigenvalue weighted by Gasteiger charge is 2.06. The molecule has 1 aromatic heterocycles. The SMILES string of the molecule is O=C(Nc1cccc(C=Cc2ccncc2)c1)c1ccc(F)cc1. The number of carbonyl (C=O) groups is 1. The molecule has 0 fully saturated rings. The second-order valence-corrected chi connectivity index (χ2v) is 5.20. The van der Waals surface area contributed by atoms with Gasteiger partial charge in [0.2, 0.25) is 0 Å². The Morgan fingerprint density at radius 1 is 0.917 bits per heavy atom. The monoisotopic (exact) mass is 318 g/mol. The van der Waals surface area contributed by atoms with E-state index in [2.05, 4.69) is 10.3 Å². The topological polar surface area (TPSA) is 42.0 Å². The van der Waals surface area contributed by atoms with E-state index >= 15 is 0 Å². The number of pyridine rings is 1. The molecule has 0 unspecified atom stereocenters. The minimum Gasteiger partial charge on any atom is -0.322 e. The van der Waals surface area contributed by atoms with Crippen molar-refractivity contribution in [1.82, 2.24) is 4.98 Å². The number of nitrogens with zero attached hydrogens (tertiary/aromatic N) is 1. The molecule has 0 radical (unpaired) electrons. The van der Waals surface area contributed by atoms with Crippen LogP contribution in [0, 0.1) is 5.82 Å². The number of hydrogen-bond donors (Lipinski definition) is 1. The first-order chi connectivity index (χ1) is 11.7. The molecule has 24 heavy (non-hydrogen) atoms. The van der Waals surface area contributed by atoms with Gasteiger partial charge in [0.05, 0.1) is 0 Å². The Bertz CT molecular complexity index is 858. The summed E-state index contributed by atoms with van der Waals surface area (Å²) in [4.78, 5) is 16.1. The Morgan fingerprint density at radius 2 is 1.62 bits per heavy atom. The highest BCUT2D eigenvalue weighted by Crippen LogP contribution is 2.15. The van der Waals surface area contributed by atoms with E-state index in [9.17, 15) is 9.18 Å². The molecule has 0 aliphatic carbocycles. The average Bonchev–Trinajstić information content (AvgIpc) is 2.62.